The number of aliphatic carboxylic acids is 1. The summed E-state index contributed by atoms with van der Waals surface area (Å²) in [5.41, 5.74) is 7.65. The molecule has 0 saturated heterocycles. The molecule has 0 amide bonds. The number of hydrogen-bond acceptors (Lipinski definition) is 5. The van der Waals surface area contributed by atoms with E-state index >= 15 is 0 Å². The molecule has 0 saturated carbocycles. The SMILES string of the molecule is Cc1cc2nc3c4ccccc4n(CCN(C)C)c3nc2cc1C.O=C(O)CP(=O)(O)O. The van der Waals surface area contributed by atoms with E-state index in [1.165, 1.54) is 22.0 Å². The summed E-state index contributed by atoms with van der Waals surface area (Å²) in [5.74, 6) is -1.49. The van der Waals surface area contributed by atoms with Crippen molar-refractivity contribution in [1.29, 1.82) is 0 Å². The van der Waals surface area contributed by atoms with Crippen LogP contribution < -0.4 is 0 Å². The zero-order valence-electron chi connectivity index (χ0n) is 18.5. The summed E-state index contributed by atoms with van der Waals surface area (Å²) < 4.78 is 12.1. The van der Waals surface area contributed by atoms with Gasteiger partial charge in [-0.2, -0.15) is 0 Å². The maximum Gasteiger partial charge on any atom is 0.336 e. The Morgan fingerprint density at radius 3 is 2.19 bits per heavy atom. The van der Waals surface area contributed by atoms with Crippen molar-refractivity contribution >= 4 is 46.7 Å². The van der Waals surface area contributed by atoms with Crippen molar-refractivity contribution in [3.05, 3.63) is 47.5 Å². The van der Waals surface area contributed by atoms with Gasteiger partial charge in [0, 0.05) is 18.5 Å². The smallest absolute Gasteiger partial charge is 0.336 e. The second-order valence-electron chi connectivity index (χ2n) is 8.01. The molecule has 2 aromatic heterocycles. The molecule has 0 radical (unpaired) electrons. The van der Waals surface area contributed by atoms with Crippen molar-refractivity contribution in [2.45, 2.75) is 20.4 Å². The number of fused-ring (bicyclic) bond motifs is 4. The molecule has 170 valence electrons. The number of hydrogen-bond donors (Lipinski definition) is 3. The third kappa shape index (κ3) is 5.49. The number of para-hydroxylation sites is 1. The van der Waals surface area contributed by atoms with Gasteiger partial charge in [0.25, 0.3) is 0 Å². The van der Waals surface area contributed by atoms with E-state index in [0.717, 1.165) is 35.3 Å². The van der Waals surface area contributed by atoms with E-state index in [0.29, 0.717) is 0 Å². The fourth-order valence-corrected chi connectivity index (χ4v) is 3.75. The molecule has 32 heavy (non-hydrogen) atoms. The van der Waals surface area contributed by atoms with Gasteiger partial charge in [0.2, 0.25) is 0 Å². The van der Waals surface area contributed by atoms with Crippen LogP contribution in [0.25, 0.3) is 33.1 Å². The second kappa shape index (κ2) is 9.34. The van der Waals surface area contributed by atoms with Crippen molar-refractivity contribution in [3.63, 3.8) is 0 Å². The first-order chi connectivity index (χ1) is 15.0. The van der Waals surface area contributed by atoms with Gasteiger partial charge in [-0.3, -0.25) is 9.36 Å². The van der Waals surface area contributed by atoms with Gasteiger partial charge in [-0.15, -0.1) is 0 Å². The Bertz CT molecular complexity index is 1340. The quantitative estimate of drug-likeness (QED) is 0.389. The molecule has 0 aliphatic rings. The van der Waals surface area contributed by atoms with Crippen molar-refractivity contribution in [3.8, 4) is 0 Å². The minimum absolute atomic E-state index is 0.905. The highest BCUT2D eigenvalue weighted by molar-refractivity contribution is 7.52. The van der Waals surface area contributed by atoms with Crippen molar-refractivity contribution in [1.82, 2.24) is 19.4 Å². The van der Waals surface area contributed by atoms with Crippen LogP contribution in [0.3, 0.4) is 0 Å². The van der Waals surface area contributed by atoms with Crippen LogP contribution in [0.5, 0.6) is 0 Å². The minimum atomic E-state index is -4.32. The Morgan fingerprint density at radius 2 is 1.66 bits per heavy atom. The van der Waals surface area contributed by atoms with Crippen LogP contribution in [0.2, 0.25) is 0 Å². The number of carbonyl (C=O) groups is 1. The number of carboxylic acids is 1. The first-order valence-electron chi connectivity index (χ1n) is 10.0. The number of likely N-dealkylation sites (N-methyl/N-ethyl adjacent to an activating group) is 1. The summed E-state index contributed by atoms with van der Waals surface area (Å²) in [6, 6.07) is 12.8. The number of aromatic nitrogens is 3. The Morgan fingerprint density at radius 1 is 1.06 bits per heavy atom. The molecule has 0 aliphatic carbocycles. The number of carboxylic acid groups (broad SMARTS) is 1. The summed E-state index contributed by atoms with van der Waals surface area (Å²) in [4.78, 5) is 37.5. The lowest BCUT2D eigenvalue weighted by atomic mass is 10.1. The fourth-order valence-electron chi connectivity index (χ4n) is 3.40. The molecule has 9 nitrogen and oxygen atoms in total. The van der Waals surface area contributed by atoms with Crippen LogP contribution >= 0.6 is 7.60 Å². The highest BCUT2D eigenvalue weighted by atomic mass is 31.2. The molecular formula is C22H27N4O5P. The molecule has 4 rings (SSSR count). The van der Waals surface area contributed by atoms with Gasteiger partial charge in [-0.25, -0.2) is 9.97 Å². The number of aryl methyl sites for hydroxylation is 2. The van der Waals surface area contributed by atoms with E-state index < -0.39 is 19.7 Å². The fraction of sp³-hybridized carbons (Fsp3) is 0.318. The Labute approximate surface area is 185 Å². The Hall–Kier alpha value is -2.84. The summed E-state index contributed by atoms with van der Waals surface area (Å²) in [5, 5.41) is 8.94. The second-order valence-corrected chi connectivity index (χ2v) is 9.66. The van der Waals surface area contributed by atoms with Gasteiger partial charge in [-0.1, -0.05) is 18.2 Å². The number of rotatable bonds is 5. The van der Waals surface area contributed by atoms with Crippen LogP contribution in [0, 0.1) is 13.8 Å². The standard InChI is InChI=1S/C20H22N4.C2H5O5P/c1-13-11-16-17(12-14(13)2)22-20-19(21-16)15-7-5-6-8-18(15)24(20)10-9-23(3)4;3-2(4)1-8(5,6)7/h5-8,11-12H,9-10H2,1-4H3;1H2,(H,3,4)(H2,5,6,7). The Kier molecular flexibility index (Phi) is 6.95. The van der Waals surface area contributed by atoms with Gasteiger partial charge >= 0.3 is 13.6 Å². The topological polar surface area (TPSA) is 129 Å². The molecule has 0 aliphatic heterocycles. The monoisotopic (exact) mass is 458 g/mol. The lowest BCUT2D eigenvalue weighted by molar-refractivity contribution is -0.134. The zero-order chi connectivity index (χ0) is 23.6. The van der Waals surface area contributed by atoms with E-state index in [2.05, 4.69) is 73.8 Å². The van der Waals surface area contributed by atoms with Crippen LogP contribution in [0.4, 0.5) is 0 Å². The van der Waals surface area contributed by atoms with Crippen molar-refractivity contribution in [2.24, 2.45) is 0 Å². The number of nitrogens with zero attached hydrogens (tertiary/aromatic N) is 4. The average molecular weight is 458 g/mol. The highest BCUT2D eigenvalue weighted by Crippen LogP contribution is 2.33. The van der Waals surface area contributed by atoms with E-state index in [1.54, 1.807) is 0 Å². The molecule has 0 unspecified atom stereocenters. The minimum Gasteiger partial charge on any atom is -0.481 e. The number of benzene rings is 2. The normalized spacial score (nSPS) is 11.8. The lowest BCUT2D eigenvalue weighted by Gasteiger charge is -2.12. The van der Waals surface area contributed by atoms with E-state index in [1.807, 2.05) is 0 Å². The molecule has 2 aromatic carbocycles. The van der Waals surface area contributed by atoms with Crippen LogP contribution in [-0.2, 0) is 15.9 Å². The average Bonchev–Trinajstić information content (AvgIpc) is 2.97. The van der Waals surface area contributed by atoms with Gasteiger partial charge in [-0.05, 0) is 57.3 Å². The molecule has 0 fully saturated rings. The molecule has 3 N–H and O–H groups in total. The molecular weight excluding hydrogens is 431 g/mol. The van der Waals surface area contributed by atoms with Gasteiger partial charge in [0.1, 0.15) is 11.7 Å². The van der Waals surface area contributed by atoms with Gasteiger partial charge < -0.3 is 24.4 Å². The van der Waals surface area contributed by atoms with Crippen LogP contribution in [-0.4, -0.2) is 67.1 Å². The lowest BCUT2D eigenvalue weighted by Crippen LogP contribution is -2.18. The third-order valence-corrected chi connectivity index (χ3v) is 5.76. The first-order valence-corrected chi connectivity index (χ1v) is 11.8. The van der Waals surface area contributed by atoms with Crippen molar-refractivity contribution < 1.29 is 24.3 Å². The Balaban J connectivity index is 0.000000312. The highest BCUT2D eigenvalue weighted by Gasteiger charge is 2.17. The van der Waals surface area contributed by atoms with Gasteiger partial charge in [0.15, 0.2) is 5.65 Å². The summed E-state index contributed by atoms with van der Waals surface area (Å²) in [7, 11) is -0.125. The molecule has 4 aromatic rings. The van der Waals surface area contributed by atoms with Crippen LogP contribution in [0.15, 0.2) is 36.4 Å². The predicted octanol–water partition coefficient (Wildman–Crippen LogP) is 3.16. The van der Waals surface area contributed by atoms with Crippen LogP contribution in [0.1, 0.15) is 11.1 Å². The van der Waals surface area contributed by atoms with E-state index in [-0.39, 0.29) is 0 Å². The van der Waals surface area contributed by atoms with Gasteiger partial charge in [0.05, 0.1) is 16.6 Å². The molecule has 2 heterocycles. The summed E-state index contributed by atoms with van der Waals surface area (Å²) in [6.45, 7) is 6.13. The summed E-state index contributed by atoms with van der Waals surface area (Å²) >= 11 is 0. The molecule has 0 atom stereocenters. The summed E-state index contributed by atoms with van der Waals surface area (Å²) in [6.07, 6.45) is -1.09. The zero-order valence-corrected chi connectivity index (χ0v) is 19.4. The third-order valence-electron chi connectivity index (χ3n) is 5.08. The maximum atomic E-state index is 9.76. The predicted molar refractivity (Wildman–Crippen MR) is 125 cm³/mol. The molecule has 10 heteroatoms. The largest absolute Gasteiger partial charge is 0.481 e. The molecule has 0 spiro atoms. The van der Waals surface area contributed by atoms with E-state index in [4.69, 9.17) is 24.9 Å². The maximum absolute atomic E-state index is 9.76. The van der Waals surface area contributed by atoms with E-state index in [9.17, 15) is 9.36 Å². The van der Waals surface area contributed by atoms with Crippen molar-refractivity contribution in [2.75, 3.05) is 26.8 Å². The molecule has 0 bridgehead atoms. The first kappa shape index (κ1) is 23.8.